The highest BCUT2D eigenvalue weighted by Gasteiger charge is 2.19. The van der Waals surface area contributed by atoms with E-state index in [9.17, 15) is 0 Å². The van der Waals surface area contributed by atoms with Crippen LogP contribution in [-0.2, 0) is 0 Å². The molecule has 0 spiro atoms. The summed E-state index contributed by atoms with van der Waals surface area (Å²) in [7, 11) is 0. The van der Waals surface area contributed by atoms with Gasteiger partial charge in [-0.2, -0.15) is 11.8 Å². The molecule has 0 aromatic carbocycles. The van der Waals surface area contributed by atoms with Gasteiger partial charge in [0.1, 0.15) is 0 Å². The van der Waals surface area contributed by atoms with E-state index in [2.05, 4.69) is 23.4 Å². The third-order valence-corrected chi connectivity index (χ3v) is 4.27. The molecule has 0 aromatic heterocycles. The summed E-state index contributed by atoms with van der Waals surface area (Å²) in [4.78, 5) is 2.73. The van der Waals surface area contributed by atoms with Crippen molar-refractivity contribution in [2.75, 3.05) is 38.2 Å². The minimum Gasteiger partial charge on any atom is -0.315 e. The molecule has 0 unspecified atom stereocenters. The standard InChI is InChI=1S/C14H30N2S/c1-3-11-16(12-9-15-10-13-17-2)14-7-5-4-6-8-14/h14-15H,3-13H2,1-2H3. The number of nitrogens with zero attached hydrogens (tertiary/aromatic N) is 1. The minimum atomic E-state index is 0.881. The quantitative estimate of drug-likeness (QED) is 0.640. The predicted octanol–water partition coefficient (Wildman–Crippen LogP) is 2.98. The van der Waals surface area contributed by atoms with Crippen molar-refractivity contribution < 1.29 is 0 Å². The molecule has 1 aliphatic carbocycles. The van der Waals surface area contributed by atoms with Gasteiger partial charge in [-0.1, -0.05) is 26.2 Å². The Balaban J connectivity index is 2.17. The fourth-order valence-electron chi connectivity index (χ4n) is 2.73. The second-order valence-electron chi connectivity index (χ2n) is 5.07. The Morgan fingerprint density at radius 2 is 1.88 bits per heavy atom. The van der Waals surface area contributed by atoms with Crippen molar-refractivity contribution in [3.8, 4) is 0 Å². The molecule has 0 bridgehead atoms. The largest absolute Gasteiger partial charge is 0.315 e. The van der Waals surface area contributed by atoms with E-state index >= 15 is 0 Å². The van der Waals surface area contributed by atoms with Crippen LogP contribution in [0.3, 0.4) is 0 Å². The molecule has 1 rings (SSSR count). The number of thioether (sulfide) groups is 1. The van der Waals surface area contributed by atoms with Crippen LogP contribution in [-0.4, -0.2) is 49.1 Å². The van der Waals surface area contributed by atoms with Crippen molar-refractivity contribution in [3.05, 3.63) is 0 Å². The Kier molecular flexibility index (Phi) is 9.21. The van der Waals surface area contributed by atoms with E-state index in [0.29, 0.717) is 0 Å². The van der Waals surface area contributed by atoms with Gasteiger partial charge in [0.25, 0.3) is 0 Å². The topological polar surface area (TPSA) is 15.3 Å². The van der Waals surface area contributed by atoms with E-state index in [-0.39, 0.29) is 0 Å². The van der Waals surface area contributed by atoms with Gasteiger partial charge in [-0.05, 0) is 32.1 Å². The zero-order chi connectivity index (χ0) is 12.3. The second kappa shape index (κ2) is 10.2. The summed E-state index contributed by atoms with van der Waals surface area (Å²) in [6.07, 6.45) is 10.7. The van der Waals surface area contributed by atoms with Gasteiger partial charge < -0.3 is 5.32 Å². The maximum absolute atomic E-state index is 3.55. The molecule has 0 aliphatic heterocycles. The van der Waals surface area contributed by atoms with E-state index in [1.54, 1.807) is 0 Å². The van der Waals surface area contributed by atoms with Gasteiger partial charge in [-0.15, -0.1) is 0 Å². The van der Waals surface area contributed by atoms with Crippen molar-refractivity contribution in [2.24, 2.45) is 0 Å². The van der Waals surface area contributed by atoms with Gasteiger partial charge in [0.15, 0.2) is 0 Å². The van der Waals surface area contributed by atoms with E-state index in [1.807, 2.05) is 11.8 Å². The van der Waals surface area contributed by atoms with Crippen molar-refractivity contribution in [3.63, 3.8) is 0 Å². The van der Waals surface area contributed by atoms with Crippen molar-refractivity contribution in [1.82, 2.24) is 10.2 Å². The molecule has 3 heteroatoms. The average Bonchev–Trinajstić information content (AvgIpc) is 2.38. The normalized spacial score (nSPS) is 17.8. The maximum atomic E-state index is 3.55. The van der Waals surface area contributed by atoms with Gasteiger partial charge in [0, 0.05) is 31.4 Å². The lowest BCUT2D eigenvalue weighted by Gasteiger charge is -2.34. The predicted molar refractivity (Wildman–Crippen MR) is 80.0 cm³/mol. The monoisotopic (exact) mass is 258 g/mol. The average molecular weight is 258 g/mol. The lowest BCUT2D eigenvalue weighted by atomic mass is 9.94. The molecule has 0 saturated heterocycles. The zero-order valence-electron chi connectivity index (χ0n) is 11.7. The molecule has 102 valence electrons. The fourth-order valence-corrected chi connectivity index (χ4v) is 3.08. The molecular formula is C14H30N2S. The molecule has 0 atom stereocenters. The Morgan fingerprint density at radius 1 is 1.12 bits per heavy atom. The Bertz CT molecular complexity index is 170. The zero-order valence-corrected chi connectivity index (χ0v) is 12.5. The first-order chi connectivity index (χ1) is 8.38. The van der Waals surface area contributed by atoms with E-state index < -0.39 is 0 Å². The smallest absolute Gasteiger partial charge is 0.0110 e. The van der Waals surface area contributed by atoms with Crippen LogP contribution >= 0.6 is 11.8 Å². The fraction of sp³-hybridized carbons (Fsp3) is 1.00. The van der Waals surface area contributed by atoms with Crippen LogP contribution in [0.25, 0.3) is 0 Å². The molecule has 0 aromatic rings. The van der Waals surface area contributed by atoms with Crippen LogP contribution in [0.15, 0.2) is 0 Å². The first kappa shape index (κ1) is 15.3. The summed E-state index contributed by atoms with van der Waals surface area (Å²) in [6, 6.07) is 0.881. The van der Waals surface area contributed by atoms with Crippen LogP contribution < -0.4 is 5.32 Å². The summed E-state index contributed by atoms with van der Waals surface area (Å²) in [5, 5.41) is 3.55. The Labute approximate surface area is 112 Å². The Morgan fingerprint density at radius 3 is 2.53 bits per heavy atom. The second-order valence-corrected chi connectivity index (χ2v) is 6.06. The summed E-state index contributed by atoms with van der Waals surface area (Å²) in [6.45, 7) is 7.15. The Hall–Kier alpha value is 0.270. The molecule has 1 N–H and O–H groups in total. The third kappa shape index (κ3) is 6.68. The molecule has 17 heavy (non-hydrogen) atoms. The molecule has 0 radical (unpaired) electrons. The highest BCUT2D eigenvalue weighted by molar-refractivity contribution is 7.98. The SMILES string of the molecule is CCCN(CCNCCSC)C1CCCCC1. The highest BCUT2D eigenvalue weighted by Crippen LogP contribution is 2.22. The van der Waals surface area contributed by atoms with Gasteiger partial charge in [0.05, 0.1) is 0 Å². The third-order valence-electron chi connectivity index (χ3n) is 3.66. The van der Waals surface area contributed by atoms with Crippen LogP contribution in [0.1, 0.15) is 45.4 Å². The number of rotatable bonds is 9. The lowest BCUT2D eigenvalue weighted by molar-refractivity contribution is 0.157. The molecule has 2 nitrogen and oxygen atoms in total. The van der Waals surface area contributed by atoms with Gasteiger partial charge in [0.2, 0.25) is 0 Å². The van der Waals surface area contributed by atoms with Gasteiger partial charge in [-0.3, -0.25) is 4.90 Å². The van der Waals surface area contributed by atoms with Crippen LogP contribution in [0.5, 0.6) is 0 Å². The first-order valence-electron chi connectivity index (χ1n) is 7.32. The molecule has 0 heterocycles. The van der Waals surface area contributed by atoms with Crippen LogP contribution in [0.2, 0.25) is 0 Å². The lowest BCUT2D eigenvalue weighted by Crippen LogP contribution is -2.41. The summed E-state index contributed by atoms with van der Waals surface area (Å²) < 4.78 is 0. The maximum Gasteiger partial charge on any atom is 0.0110 e. The highest BCUT2D eigenvalue weighted by atomic mass is 32.2. The first-order valence-corrected chi connectivity index (χ1v) is 8.71. The van der Waals surface area contributed by atoms with E-state index in [4.69, 9.17) is 0 Å². The van der Waals surface area contributed by atoms with Crippen LogP contribution in [0, 0.1) is 0 Å². The van der Waals surface area contributed by atoms with Gasteiger partial charge in [-0.25, -0.2) is 0 Å². The van der Waals surface area contributed by atoms with E-state index in [0.717, 1.165) is 19.1 Å². The van der Waals surface area contributed by atoms with Gasteiger partial charge >= 0.3 is 0 Å². The molecule has 1 saturated carbocycles. The summed E-state index contributed by atoms with van der Waals surface area (Å²) >= 11 is 1.92. The molecule has 0 amide bonds. The molecule has 1 aliphatic rings. The minimum absolute atomic E-state index is 0.881. The number of nitrogens with one attached hydrogen (secondary N) is 1. The van der Waals surface area contributed by atoms with Crippen molar-refractivity contribution >= 4 is 11.8 Å². The summed E-state index contributed by atoms with van der Waals surface area (Å²) in [5.41, 5.74) is 0. The molecular weight excluding hydrogens is 228 g/mol. The van der Waals surface area contributed by atoms with E-state index in [1.165, 1.54) is 57.4 Å². The van der Waals surface area contributed by atoms with Crippen molar-refractivity contribution in [1.29, 1.82) is 0 Å². The van der Waals surface area contributed by atoms with Crippen LogP contribution in [0.4, 0.5) is 0 Å². The summed E-state index contributed by atoms with van der Waals surface area (Å²) in [5.74, 6) is 1.23. The van der Waals surface area contributed by atoms with Crippen molar-refractivity contribution in [2.45, 2.75) is 51.5 Å². The number of hydrogen-bond donors (Lipinski definition) is 1. The number of hydrogen-bond acceptors (Lipinski definition) is 3. The molecule has 1 fully saturated rings.